The van der Waals surface area contributed by atoms with Crippen LogP contribution in [0.3, 0.4) is 0 Å². The third kappa shape index (κ3) is 1.54. The maximum atomic E-state index is 5.74. The second kappa shape index (κ2) is 3.03. The fraction of sp³-hybridized carbons (Fsp3) is 0.667. The number of nitrogens with two attached hydrogens (primary N) is 1. The van der Waals surface area contributed by atoms with Crippen LogP contribution >= 0.6 is 0 Å². The Balaban J connectivity index is 2.22. The highest BCUT2D eigenvalue weighted by Gasteiger charge is 2.31. The molecule has 0 amide bonds. The van der Waals surface area contributed by atoms with Gasteiger partial charge in [-0.1, -0.05) is 0 Å². The van der Waals surface area contributed by atoms with Crippen molar-refractivity contribution in [2.75, 3.05) is 12.3 Å². The molecule has 1 fully saturated rings. The van der Waals surface area contributed by atoms with E-state index in [-0.39, 0.29) is 5.60 Å². The van der Waals surface area contributed by atoms with Gasteiger partial charge >= 0.3 is 0 Å². The first-order valence-electron chi connectivity index (χ1n) is 4.66. The number of anilines is 1. The summed E-state index contributed by atoms with van der Waals surface area (Å²) < 4.78 is 5.74. The van der Waals surface area contributed by atoms with Crippen LogP contribution in [0.25, 0.3) is 0 Å². The average Bonchev–Trinajstić information content (AvgIpc) is 2.54. The van der Waals surface area contributed by atoms with Crippen LogP contribution in [0.15, 0.2) is 6.07 Å². The van der Waals surface area contributed by atoms with E-state index in [9.17, 15) is 0 Å². The van der Waals surface area contributed by atoms with E-state index in [1.807, 2.05) is 6.07 Å². The van der Waals surface area contributed by atoms with Crippen molar-refractivity contribution in [1.82, 2.24) is 10.2 Å². The van der Waals surface area contributed by atoms with Crippen LogP contribution < -0.4 is 5.73 Å². The molecule has 0 saturated carbocycles. The molecule has 0 spiro atoms. The molecule has 3 N–H and O–H groups in total. The first kappa shape index (κ1) is 8.56. The number of nitrogens with one attached hydrogen (secondary N) is 1. The molecule has 1 aliphatic rings. The number of ether oxygens (including phenoxy) is 1. The van der Waals surface area contributed by atoms with Gasteiger partial charge in [-0.25, -0.2) is 0 Å². The van der Waals surface area contributed by atoms with Gasteiger partial charge in [0.2, 0.25) is 0 Å². The highest BCUT2D eigenvalue weighted by Crippen LogP contribution is 2.33. The molecule has 1 unspecified atom stereocenters. The van der Waals surface area contributed by atoms with Gasteiger partial charge in [0.1, 0.15) is 11.4 Å². The Kier molecular flexibility index (Phi) is 2.00. The molecule has 4 nitrogen and oxygen atoms in total. The quantitative estimate of drug-likeness (QED) is 0.688. The summed E-state index contributed by atoms with van der Waals surface area (Å²) in [5, 5.41) is 6.83. The molecule has 4 heteroatoms. The molecule has 0 aliphatic carbocycles. The summed E-state index contributed by atoms with van der Waals surface area (Å²) in [6.45, 7) is 2.91. The lowest BCUT2D eigenvalue weighted by Gasteiger charge is -2.32. The Morgan fingerprint density at radius 1 is 1.62 bits per heavy atom. The molecular formula is C9H15N3O. The Morgan fingerprint density at radius 2 is 2.46 bits per heavy atom. The number of nitrogen functional groups attached to an aromatic ring is 1. The van der Waals surface area contributed by atoms with Crippen molar-refractivity contribution >= 4 is 5.82 Å². The summed E-state index contributed by atoms with van der Waals surface area (Å²) >= 11 is 0. The van der Waals surface area contributed by atoms with Gasteiger partial charge in [-0.05, 0) is 26.2 Å². The average molecular weight is 181 g/mol. The van der Waals surface area contributed by atoms with Crippen LogP contribution in [0, 0.1) is 0 Å². The van der Waals surface area contributed by atoms with Crippen molar-refractivity contribution in [1.29, 1.82) is 0 Å². The summed E-state index contributed by atoms with van der Waals surface area (Å²) in [5.41, 5.74) is 6.33. The number of H-pyrrole nitrogens is 1. The fourth-order valence-corrected chi connectivity index (χ4v) is 1.75. The van der Waals surface area contributed by atoms with Crippen molar-refractivity contribution in [2.24, 2.45) is 0 Å². The minimum absolute atomic E-state index is 0.205. The minimum Gasteiger partial charge on any atom is -0.382 e. The Bertz CT molecular complexity index is 289. The van der Waals surface area contributed by atoms with E-state index in [1.165, 1.54) is 6.42 Å². The van der Waals surface area contributed by atoms with Gasteiger partial charge in [-0.3, -0.25) is 5.10 Å². The van der Waals surface area contributed by atoms with Crippen LogP contribution in [-0.2, 0) is 10.3 Å². The lowest BCUT2D eigenvalue weighted by molar-refractivity contribution is -0.0729. The Hall–Kier alpha value is -1.03. The predicted octanol–water partition coefficient (Wildman–Crippen LogP) is 1.41. The SMILES string of the molecule is CC1(c2cc(N)n[nH]2)CCCCO1. The lowest BCUT2D eigenvalue weighted by atomic mass is 9.93. The molecule has 0 radical (unpaired) electrons. The zero-order valence-corrected chi connectivity index (χ0v) is 7.84. The Morgan fingerprint density at radius 3 is 3.00 bits per heavy atom. The monoisotopic (exact) mass is 181 g/mol. The molecule has 1 aromatic rings. The normalized spacial score (nSPS) is 29.0. The van der Waals surface area contributed by atoms with E-state index < -0.39 is 0 Å². The summed E-state index contributed by atoms with van der Waals surface area (Å²) in [7, 11) is 0. The summed E-state index contributed by atoms with van der Waals surface area (Å²) in [6.07, 6.45) is 3.39. The first-order chi connectivity index (χ1) is 6.21. The summed E-state index contributed by atoms with van der Waals surface area (Å²) in [4.78, 5) is 0. The number of hydrogen-bond acceptors (Lipinski definition) is 3. The van der Waals surface area contributed by atoms with E-state index in [0.717, 1.165) is 25.1 Å². The lowest BCUT2D eigenvalue weighted by Crippen LogP contribution is -2.30. The van der Waals surface area contributed by atoms with Gasteiger partial charge in [0.25, 0.3) is 0 Å². The number of aromatic amines is 1. The van der Waals surface area contributed by atoms with Crippen LogP contribution in [0.4, 0.5) is 5.82 Å². The molecule has 1 saturated heterocycles. The van der Waals surface area contributed by atoms with Crippen LogP contribution in [0.2, 0.25) is 0 Å². The molecule has 2 rings (SSSR count). The van der Waals surface area contributed by atoms with Gasteiger partial charge in [0, 0.05) is 12.7 Å². The first-order valence-corrected chi connectivity index (χ1v) is 4.66. The van der Waals surface area contributed by atoms with E-state index in [1.54, 1.807) is 0 Å². The molecule has 2 heterocycles. The molecule has 72 valence electrons. The molecular weight excluding hydrogens is 166 g/mol. The van der Waals surface area contributed by atoms with Gasteiger partial charge < -0.3 is 10.5 Å². The molecule has 1 aromatic heterocycles. The van der Waals surface area contributed by atoms with Crippen molar-refractivity contribution < 1.29 is 4.74 Å². The van der Waals surface area contributed by atoms with Crippen LogP contribution in [0.1, 0.15) is 31.9 Å². The van der Waals surface area contributed by atoms with Gasteiger partial charge in [0.15, 0.2) is 0 Å². The van der Waals surface area contributed by atoms with E-state index >= 15 is 0 Å². The Labute approximate surface area is 77.5 Å². The predicted molar refractivity (Wildman–Crippen MR) is 50.2 cm³/mol. The van der Waals surface area contributed by atoms with Crippen molar-refractivity contribution in [3.63, 3.8) is 0 Å². The van der Waals surface area contributed by atoms with Crippen LogP contribution in [-0.4, -0.2) is 16.8 Å². The third-order valence-corrected chi connectivity index (χ3v) is 2.64. The van der Waals surface area contributed by atoms with E-state index in [2.05, 4.69) is 17.1 Å². The van der Waals surface area contributed by atoms with Crippen molar-refractivity contribution in [3.05, 3.63) is 11.8 Å². The molecule has 1 aliphatic heterocycles. The van der Waals surface area contributed by atoms with Crippen molar-refractivity contribution in [3.8, 4) is 0 Å². The standard InChI is InChI=1S/C9H15N3O/c1-9(4-2-3-5-13-9)7-6-8(10)12-11-7/h6H,2-5H2,1H3,(H3,10,11,12). The number of rotatable bonds is 1. The second-order valence-electron chi connectivity index (χ2n) is 3.74. The maximum absolute atomic E-state index is 5.74. The number of nitrogens with zero attached hydrogens (tertiary/aromatic N) is 1. The van der Waals surface area contributed by atoms with E-state index in [4.69, 9.17) is 10.5 Å². The molecule has 0 aromatic carbocycles. The molecule has 13 heavy (non-hydrogen) atoms. The second-order valence-corrected chi connectivity index (χ2v) is 3.74. The molecule has 1 atom stereocenters. The highest BCUT2D eigenvalue weighted by atomic mass is 16.5. The fourth-order valence-electron chi connectivity index (χ4n) is 1.75. The van der Waals surface area contributed by atoms with E-state index in [0.29, 0.717) is 5.82 Å². The molecule has 0 bridgehead atoms. The number of hydrogen-bond donors (Lipinski definition) is 2. The van der Waals surface area contributed by atoms with Gasteiger partial charge in [-0.2, -0.15) is 5.10 Å². The minimum atomic E-state index is -0.205. The summed E-state index contributed by atoms with van der Waals surface area (Å²) in [6, 6.07) is 1.85. The van der Waals surface area contributed by atoms with Crippen molar-refractivity contribution in [2.45, 2.75) is 31.8 Å². The summed E-state index contributed by atoms with van der Waals surface area (Å²) in [5.74, 6) is 0.533. The zero-order valence-electron chi connectivity index (χ0n) is 7.84. The highest BCUT2D eigenvalue weighted by molar-refractivity contribution is 5.31. The third-order valence-electron chi connectivity index (χ3n) is 2.64. The van der Waals surface area contributed by atoms with Crippen LogP contribution in [0.5, 0.6) is 0 Å². The topological polar surface area (TPSA) is 63.9 Å². The largest absolute Gasteiger partial charge is 0.382 e. The smallest absolute Gasteiger partial charge is 0.145 e. The maximum Gasteiger partial charge on any atom is 0.145 e. The van der Waals surface area contributed by atoms with Gasteiger partial charge in [0.05, 0.1) is 5.69 Å². The number of aromatic nitrogens is 2. The zero-order chi connectivity index (χ0) is 9.31. The van der Waals surface area contributed by atoms with Gasteiger partial charge in [-0.15, -0.1) is 0 Å².